The van der Waals surface area contributed by atoms with E-state index in [2.05, 4.69) is 86.6 Å². The summed E-state index contributed by atoms with van der Waals surface area (Å²) in [5, 5.41) is 0. The van der Waals surface area contributed by atoms with Gasteiger partial charge in [-0.1, -0.05) is 78.9 Å². The summed E-state index contributed by atoms with van der Waals surface area (Å²) < 4.78 is 6.35. The van der Waals surface area contributed by atoms with E-state index in [0.29, 0.717) is 0 Å². The largest absolute Gasteiger partial charge is 0.465 e. The van der Waals surface area contributed by atoms with Crippen molar-refractivity contribution in [2.24, 2.45) is 4.99 Å². The highest BCUT2D eigenvalue weighted by molar-refractivity contribution is 5.60. The molecule has 0 saturated heterocycles. The molecule has 0 spiro atoms. The Bertz CT molecular complexity index is 869. The third-order valence-electron chi connectivity index (χ3n) is 5.04. The molecule has 0 radical (unpaired) electrons. The van der Waals surface area contributed by atoms with Gasteiger partial charge in [0.2, 0.25) is 0 Å². The molecule has 0 fully saturated rings. The van der Waals surface area contributed by atoms with Crippen LogP contribution >= 0.6 is 0 Å². The van der Waals surface area contributed by atoms with E-state index in [1.54, 1.807) is 6.40 Å². The van der Waals surface area contributed by atoms with E-state index in [4.69, 9.17) is 9.73 Å². The Morgan fingerprint density at radius 2 is 1.24 bits per heavy atom. The van der Waals surface area contributed by atoms with Gasteiger partial charge < -0.3 is 4.74 Å². The molecule has 3 aromatic rings. The molecule has 3 aromatic carbocycles. The third-order valence-corrected chi connectivity index (χ3v) is 5.04. The number of aryl methyl sites for hydroxylation is 2. The summed E-state index contributed by atoms with van der Waals surface area (Å²) in [6.07, 6.45) is 1.62. The standard InChI is InChI=1S/C23H21NO/c1-17-10-6-8-14-20(17)23(21-15-9-7-11-18(21)2)22(24-16-25-23)19-12-4-3-5-13-19/h3-16,22H,1-2H3/t22-/m1/s1. The highest BCUT2D eigenvalue weighted by Crippen LogP contribution is 2.50. The van der Waals surface area contributed by atoms with Gasteiger partial charge in [-0.25, -0.2) is 4.99 Å². The number of hydrogen-bond donors (Lipinski definition) is 0. The molecular formula is C23H21NO. The number of rotatable bonds is 3. The van der Waals surface area contributed by atoms with Gasteiger partial charge in [-0.3, -0.25) is 0 Å². The molecule has 0 amide bonds. The van der Waals surface area contributed by atoms with Crippen LogP contribution in [0.1, 0.15) is 33.9 Å². The van der Waals surface area contributed by atoms with Crippen LogP contribution in [0.4, 0.5) is 0 Å². The second-order valence-corrected chi connectivity index (χ2v) is 6.55. The first-order valence-electron chi connectivity index (χ1n) is 8.60. The summed E-state index contributed by atoms with van der Waals surface area (Å²) in [7, 11) is 0. The van der Waals surface area contributed by atoms with Crippen LogP contribution in [0.5, 0.6) is 0 Å². The zero-order chi connectivity index (χ0) is 17.3. The Hall–Kier alpha value is -2.87. The Morgan fingerprint density at radius 3 is 1.80 bits per heavy atom. The monoisotopic (exact) mass is 327 g/mol. The Balaban J connectivity index is 2.01. The molecular weight excluding hydrogens is 306 g/mol. The highest BCUT2D eigenvalue weighted by atomic mass is 16.5. The summed E-state index contributed by atoms with van der Waals surface area (Å²) in [4.78, 5) is 4.75. The van der Waals surface area contributed by atoms with Gasteiger partial charge in [-0.2, -0.15) is 0 Å². The average Bonchev–Trinajstić information content (AvgIpc) is 3.09. The summed E-state index contributed by atoms with van der Waals surface area (Å²) >= 11 is 0. The third kappa shape index (κ3) is 2.45. The average molecular weight is 327 g/mol. The van der Waals surface area contributed by atoms with Gasteiger partial charge >= 0.3 is 0 Å². The topological polar surface area (TPSA) is 21.6 Å². The van der Waals surface area contributed by atoms with Gasteiger partial charge in [0, 0.05) is 11.1 Å². The van der Waals surface area contributed by atoms with Gasteiger partial charge in [0.1, 0.15) is 6.04 Å². The van der Waals surface area contributed by atoms with Gasteiger partial charge in [0.05, 0.1) is 0 Å². The van der Waals surface area contributed by atoms with Gasteiger partial charge in [-0.15, -0.1) is 0 Å². The molecule has 1 aliphatic heterocycles. The first-order chi connectivity index (χ1) is 12.2. The van der Waals surface area contributed by atoms with E-state index in [0.717, 1.165) is 16.7 Å². The molecule has 1 heterocycles. The maximum absolute atomic E-state index is 6.35. The molecule has 4 rings (SSSR count). The maximum Gasteiger partial charge on any atom is 0.187 e. The fourth-order valence-corrected chi connectivity index (χ4v) is 3.85. The van der Waals surface area contributed by atoms with E-state index in [9.17, 15) is 0 Å². The van der Waals surface area contributed by atoms with Crippen LogP contribution in [0.2, 0.25) is 0 Å². The van der Waals surface area contributed by atoms with Crippen LogP contribution in [0.3, 0.4) is 0 Å². The smallest absolute Gasteiger partial charge is 0.187 e. The number of benzene rings is 3. The van der Waals surface area contributed by atoms with E-state index in [1.165, 1.54) is 11.1 Å². The minimum atomic E-state index is -0.641. The van der Waals surface area contributed by atoms with Gasteiger partial charge in [0.25, 0.3) is 0 Å². The zero-order valence-corrected chi connectivity index (χ0v) is 14.5. The van der Waals surface area contributed by atoms with E-state index >= 15 is 0 Å². The van der Waals surface area contributed by atoms with Crippen molar-refractivity contribution in [1.29, 1.82) is 0 Å². The van der Waals surface area contributed by atoms with E-state index in [1.807, 2.05) is 6.07 Å². The molecule has 25 heavy (non-hydrogen) atoms. The molecule has 0 aliphatic carbocycles. The van der Waals surface area contributed by atoms with Crippen molar-refractivity contribution in [2.45, 2.75) is 25.5 Å². The summed E-state index contributed by atoms with van der Waals surface area (Å²) in [6.45, 7) is 4.28. The summed E-state index contributed by atoms with van der Waals surface area (Å²) in [5.74, 6) is 0. The fraction of sp³-hybridized carbons (Fsp3) is 0.174. The van der Waals surface area contributed by atoms with Crippen molar-refractivity contribution in [3.63, 3.8) is 0 Å². The first-order valence-corrected chi connectivity index (χ1v) is 8.60. The normalized spacial score (nSPS) is 18.1. The van der Waals surface area contributed by atoms with Crippen LogP contribution in [0, 0.1) is 13.8 Å². The molecule has 0 aromatic heterocycles. The predicted molar refractivity (Wildman–Crippen MR) is 102 cm³/mol. The number of ether oxygens (including phenoxy) is 1. The van der Waals surface area contributed by atoms with Crippen LogP contribution < -0.4 is 0 Å². The molecule has 0 saturated carbocycles. The molecule has 1 atom stereocenters. The first kappa shape index (κ1) is 15.6. The summed E-state index contributed by atoms with van der Waals surface area (Å²) in [6, 6.07) is 27.2. The number of nitrogens with zero attached hydrogens (tertiary/aromatic N) is 1. The lowest BCUT2D eigenvalue weighted by Crippen LogP contribution is -2.35. The molecule has 124 valence electrons. The summed E-state index contributed by atoms with van der Waals surface area (Å²) in [5.41, 5.74) is 5.25. The lowest BCUT2D eigenvalue weighted by molar-refractivity contribution is 0.103. The van der Waals surface area contributed by atoms with Crippen molar-refractivity contribution in [3.05, 3.63) is 107 Å². The number of hydrogen-bond acceptors (Lipinski definition) is 2. The SMILES string of the molecule is Cc1ccccc1C1(c2ccccc2C)OC=N[C@@H]1c1ccccc1. The van der Waals surface area contributed by atoms with Crippen LogP contribution in [-0.2, 0) is 10.3 Å². The Labute approximate surface area is 148 Å². The van der Waals surface area contributed by atoms with Crippen molar-refractivity contribution in [2.75, 3.05) is 0 Å². The zero-order valence-electron chi connectivity index (χ0n) is 14.5. The van der Waals surface area contributed by atoms with E-state index in [-0.39, 0.29) is 6.04 Å². The van der Waals surface area contributed by atoms with Crippen LogP contribution in [-0.4, -0.2) is 6.40 Å². The molecule has 2 nitrogen and oxygen atoms in total. The van der Waals surface area contributed by atoms with Crippen molar-refractivity contribution < 1.29 is 4.74 Å². The lowest BCUT2D eigenvalue weighted by atomic mass is 9.75. The van der Waals surface area contributed by atoms with Crippen molar-refractivity contribution in [3.8, 4) is 0 Å². The molecule has 0 N–H and O–H groups in total. The van der Waals surface area contributed by atoms with Gasteiger partial charge in [0.15, 0.2) is 12.0 Å². The van der Waals surface area contributed by atoms with Crippen LogP contribution in [0.15, 0.2) is 83.9 Å². The number of aliphatic imine (C=N–C) groups is 1. The minimum Gasteiger partial charge on any atom is -0.465 e. The van der Waals surface area contributed by atoms with Gasteiger partial charge in [-0.05, 0) is 30.5 Å². The molecule has 0 unspecified atom stereocenters. The van der Waals surface area contributed by atoms with Crippen molar-refractivity contribution >= 4 is 6.40 Å². The maximum atomic E-state index is 6.35. The van der Waals surface area contributed by atoms with Crippen LogP contribution in [0.25, 0.3) is 0 Å². The highest BCUT2D eigenvalue weighted by Gasteiger charge is 2.49. The van der Waals surface area contributed by atoms with Crippen molar-refractivity contribution in [1.82, 2.24) is 0 Å². The fourth-order valence-electron chi connectivity index (χ4n) is 3.85. The molecule has 0 bridgehead atoms. The Morgan fingerprint density at radius 1 is 0.720 bits per heavy atom. The predicted octanol–water partition coefficient (Wildman–Crippen LogP) is 5.35. The molecule has 2 heteroatoms. The van der Waals surface area contributed by atoms with E-state index < -0.39 is 5.60 Å². The molecule has 1 aliphatic rings. The second kappa shape index (κ2) is 6.21. The quantitative estimate of drug-likeness (QED) is 0.636. The minimum absolute atomic E-state index is 0.115. The lowest BCUT2D eigenvalue weighted by Gasteiger charge is -2.36. The Kier molecular flexibility index (Phi) is 3.89. The second-order valence-electron chi connectivity index (χ2n) is 6.55.